The molecule has 4 rings (SSSR count). The van der Waals surface area contributed by atoms with E-state index in [-0.39, 0.29) is 45.5 Å². The topological polar surface area (TPSA) is 111 Å². The average molecular weight is 542 g/mol. The zero-order valence-electron chi connectivity index (χ0n) is 20.3. The number of aryl methyl sites for hydroxylation is 1. The second-order valence-electron chi connectivity index (χ2n) is 8.02. The normalized spacial score (nSPS) is 11.5. The van der Waals surface area contributed by atoms with Crippen LogP contribution in [0.15, 0.2) is 65.8 Å². The third-order valence-electron chi connectivity index (χ3n) is 5.56. The number of benzene rings is 2. The number of fused-ring (bicyclic) bond motifs is 1. The van der Waals surface area contributed by atoms with Gasteiger partial charge in [0.1, 0.15) is 10.8 Å². The number of carbonyl (C=O) groups excluding carboxylic acids is 1. The minimum absolute atomic E-state index is 0.0452. The molecule has 0 radical (unpaired) electrons. The van der Waals surface area contributed by atoms with E-state index in [0.29, 0.717) is 11.1 Å². The summed E-state index contributed by atoms with van der Waals surface area (Å²) in [5, 5.41) is 8.51. The number of rotatable bonds is 8. The minimum Gasteiger partial charge on any atom is -0.466 e. The number of pyridine rings is 1. The molecule has 8 nitrogen and oxygen atoms in total. The van der Waals surface area contributed by atoms with E-state index in [1.165, 1.54) is 54.5 Å². The molecule has 37 heavy (non-hydrogen) atoms. The summed E-state index contributed by atoms with van der Waals surface area (Å²) in [6.07, 6.45) is 4.14. The molecule has 0 saturated carbocycles. The summed E-state index contributed by atoms with van der Waals surface area (Å²) in [4.78, 5) is 16.6. The number of hydrogen-bond acceptors (Lipinski definition) is 8. The van der Waals surface area contributed by atoms with Crippen molar-refractivity contribution in [3.8, 4) is 11.5 Å². The molecule has 0 unspecified atom stereocenters. The molecular weight excluding hydrogens is 517 g/mol. The van der Waals surface area contributed by atoms with Crippen LogP contribution < -0.4 is 4.74 Å². The number of nitrogens with one attached hydrogen (secondary N) is 1. The zero-order valence-corrected chi connectivity index (χ0v) is 22.0. The zero-order chi connectivity index (χ0) is 26.7. The number of carbonyl (C=O) groups is 1. The molecule has 0 bridgehead atoms. The van der Waals surface area contributed by atoms with Gasteiger partial charge in [-0.2, -0.15) is 0 Å². The Balaban J connectivity index is 1.87. The van der Waals surface area contributed by atoms with Gasteiger partial charge in [0.15, 0.2) is 11.6 Å². The van der Waals surface area contributed by atoms with E-state index in [9.17, 15) is 13.2 Å². The Hall–Kier alpha value is -3.70. The minimum atomic E-state index is -4.04. The van der Waals surface area contributed by atoms with Crippen LogP contribution in [0, 0.1) is 18.2 Å². The van der Waals surface area contributed by atoms with Gasteiger partial charge < -0.3 is 9.47 Å². The van der Waals surface area contributed by atoms with Crippen molar-refractivity contribution >= 4 is 43.7 Å². The van der Waals surface area contributed by atoms with Crippen LogP contribution in [0.4, 0.5) is 4.39 Å². The van der Waals surface area contributed by atoms with Crippen molar-refractivity contribution < 1.29 is 27.1 Å². The van der Waals surface area contributed by atoms with E-state index in [0.717, 1.165) is 15.6 Å². The standard InChI is InChI=1S/C26H24FN3O5S2/c1-4-34-24(31)14-20-19-10-12-30(37(32,33)18-7-5-16(2)6-8-18)23(19)15-21(27)25(20)35-17-9-11-29-22(13-17)26(28)36-3/h5-13,15,28H,4,14H2,1-3H3. The van der Waals surface area contributed by atoms with Crippen molar-refractivity contribution in [2.24, 2.45) is 0 Å². The van der Waals surface area contributed by atoms with Crippen molar-refractivity contribution in [3.63, 3.8) is 0 Å². The smallest absolute Gasteiger partial charge is 0.310 e. The summed E-state index contributed by atoms with van der Waals surface area (Å²) >= 11 is 1.19. The van der Waals surface area contributed by atoms with Crippen LogP contribution in [0.5, 0.6) is 11.5 Å². The molecule has 0 amide bonds. The van der Waals surface area contributed by atoms with Crippen molar-refractivity contribution in [2.45, 2.75) is 25.2 Å². The van der Waals surface area contributed by atoms with Crippen LogP contribution in [-0.2, 0) is 26.0 Å². The molecule has 11 heteroatoms. The summed E-state index contributed by atoms with van der Waals surface area (Å²) in [5.41, 5.74) is 1.44. The SMILES string of the molecule is CCOC(=O)Cc1c(Oc2ccnc(C(=N)SC)c2)c(F)cc2c1ccn2S(=O)(=O)c1ccc(C)cc1. The second-order valence-corrected chi connectivity index (χ2v) is 10.7. The van der Waals surface area contributed by atoms with E-state index < -0.39 is 21.8 Å². The van der Waals surface area contributed by atoms with E-state index in [1.807, 2.05) is 6.92 Å². The molecule has 0 atom stereocenters. The van der Waals surface area contributed by atoms with Gasteiger partial charge in [0.25, 0.3) is 10.0 Å². The number of halogens is 1. The molecular formula is C26H24FN3O5S2. The van der Waals surface area contributed by atoms with Crippen molar-refractivity contribution in [1.82, 2.24) is 8.96 Å². The Labute approximate surface area is 218 Å². The van der Waals surface area contributed by atoms with E-state index >= 15 is 4.39 Å². The van der Waals surface area contributed by atoms with Crippen LogP contribution >= 0.6 is 11.8 Å². The van der Waals surface area contributed by atoms with Gasteiger partial charge in [-0.05, 0) is 44.4 Å². The highest BCUT2D eigenvalue weighted by Gasteiger charge is 2.25. The van der Waals surface area contributed by atoms with Gasteiger partial charge in [-0.25, -0.2) is 16.8 Å². The summed E-state index contributed by atoms with van der Waals surface area (Å²) in [6.45, 7) is 3.62. The lowest BCUT2D eigenvalue weighted by atomic mass is 10.1. The Morgan fingerprint density at radius 3 is 2.57 bits per heavy atom. The number of aromatic nitrogens is 2. The lowest BCUT2D eigenvalue weighted by Crippen LogP contribution is -2.13. The van der Waals surface area contributed by atoms with Gasteiger partial charge in [-0.1, -0.05) is 17.7 Å². The molecule has 0 aliphatic carbocycles. The molecule has 192 valence electrons. The number of thioether (sulfide) groups is 1. The van der Waals surface area contributed by atoms with Gasteiger partial charge in [0.2, 0.25) is 0 Å². The van der Waals surface area contributed by atoms with Crippen LogP contribution in [0.1, 0.15) is 23.7 Å². The highest BCUT2D eigenvalue weighted by molar-refractivity contribution is 8.13. The highest BCUT2D eigenvalue weighted by Crippen LogP contribution is 2.37. The third kappa shape index (κ3) is 5.37. The fourth-order valence-electron chi connectivity index (χ4n) is 3.77. The lowest BCUT2D eigenvalue weighted by molar-refractivity contribution is -0.142. The van der Waals surface area contributed by atoms with Crippen molar-refractivity contribution in [2.75, 3.05) is 12.9 Å². The maximum Gasteiger partial charge on any atom is 0.310 e. The molecule has 2 aromatic carbocycles. The van der Waals surface area contributed by atoms with E-state index in [4.69, 9.17) is 14.9 Å². The maximum atomic E-state index is 15.6. The fourth-order valence-corrected chi connectivity index (χ4v) is 5.43. The van der Waals surface area contributed by atoms with Gasteiger partial charge >= 0.3 is 5.97 Å². The van der Waals surface area contributed by atoms with Crippen LogP contribution in [0.3, 0.4) is 0 Å². The molecule has 0 saturated heterocycles. The van der Waals surface area contributed by atoms with Crippen LogP contribution in [0.2, 0.25) is 0 Å². The second kappa shape index (κ2) is 10.7. The van der Waals surface area contributed by atoms with Crippen LogP contribution in [0.25, 0.3) is 10.9 Å². The Bertz CT molecular complexity index is 1600. The van der Waals surface area contributed by atoms with E-state index in [2.05, 4.69) is 4.98 Å². The summed E-state index contributed by atoms with van der Waals surface area (Å²) in [7, 11) is -4.04. The molecule has 0 aliphatic rings. The molecule has 0 spiro atoms. The van der Waals surface area contributed by atoms with Gasteiger partial charge in [-0.15, -0.1) is 11.8 Å². The Kier molecular flexibility index (Phi) is 7.65. The van der Waals surface area contributed by atoms with Gasteiger partial charge in [0.05, 0.1) is 29.1 Å². The average Bonchev–Trinajstić information content (AvgIpc) is 3.30. The van der Waals surface area contributed by atoms with Gasteiger partial charge in [0, 0.05) is 35.5 Å². The first kappa shape index (κ1) is 26.4. The van der Waals surface area contributed by atoms with Crippen molar-refractivity contribution in [1.29, 1.82) is 5.41 Å². The molecule has 2 heterocycles. The first-order valence-electron chi connectivity index (χ1n) is 11.2. The molecule has 4 aromatic rings. The number of hydrogen-bond donors (Lipinski definition) is 1. The maximum absolute atomic E-state index is 15.6. The molecule has 1 N–H and O–H groups in total. The molecule has 2 aromatic heterocycles. The third-order valence-corrected chi connectivity index (χ3v) is 7.88. The Morgan fingerprint density at radius 1 is 1.16 bits per heavy atom. The summed E-state index contributed by atoms with van der Waals surface area (Å²) in [6, 6.07) is 11.9. The Morgan fingerprint density at radius 2 is 1.89 bits per heavy atom. The largest absolute Gasteiger partial charge is 0.466 e. The summed E-state index contributed by atoms with van der Waals surface area (Å²) in [5.74, 6) is -1.50. The van der Waals surface area contributed by atoms with Crippen molar-refractivity contribution in [3.05, 3.63) is 83.6 Å². The quantitative estimate of drug-likeness (QED) is 0.183. The number of nitrogens with zero attached hydrogens (tertiary/aromatic N) is 2. The van der Waals surface area contributed by atoms with E-state index in [1.54, 1.807) is 25.3 Å². The number of ether oxygens (including phenoxy) is 2. The van der Waals surface area contributed by atoms with Gasteiger partial charge in [-0.3, -0.25) is 15.2 Å². The molecule has 0 aliphatic heterocycles. The summed E-state index contributed by atoms with van der Waals surface area (Å²) < 4.78 is 54.2. The fraction of sp³-hybridized carbons (Fsp3) is 0.192. The number of esters is 1. The lowest BCUT2D eigenvalue weighted by Gasteiger charge is -2.15. The van der Waals surface area contributed by atoms with Crippen LogP contribution in [-0.4, -0.2) is 41.2 Å². The molecule has 0 fully saturated rings. The predicted octanol–water partition coefficient (Wildman–Crippen LogP) is 5.31. The predicted molar refractivity (Wildman–Crippen MR) is 141 cm³/mol. The first-order valence-corrected chi connectivity index (χ1v) is 13.9. The highest BCUT2D eigenvalue weighted by atomic mass is 32.2. The monoisotopic (exact) mass is 541 g/mol. The first-order chi connectivity index (χ1) is 17.6.